The zero-order valence-corrected chi connectivity index (χ0v) is 11.7. The van der Waals surface area contributed by atoms with Gasteiger partial charge in [0.1, 0.15) is 0 Å². The monoisotopic (exact) mass is 276 g/mol. The number of nitrogens with two attached hydrogens (primary N) is 1. The van der Waals surface area contributed by atoms with Crippen molar-refractivity contribution in [1.29, 1.82) is 0 Å². The minimum Gasteiger partial charge on any atom is -0.377 e. The number of hydrogen-bond donors (Lipinski definition) is 1. The van der Waals surface area contributed by atoms with Gasteiger partial charge in [0.2, 0.25) is 10.0 Å². The Hall–Kier alpha value is -0.170. The third kappa shape index (κ3) is 3.44. The van der Waals surface area contributed by atoms with Crippen molar-refractivity contribution in [2.75, 3.05) is 25.4 Å². The topological polar surface area (TPSA) is 72.6 Å². The second-order valence-electron chi connectivity index (χ2n) is 5.26. The Morgan fingerprint density at radius 1 is 1.17 bits per heavy atom. The maximum atomic E-state index is 12.5. The van der Waals surface area contributed by atoms with Crippen molar-refractivity contribution in [2.45, 2.75) is 50.7 Å². The van der Waals surface area contributed by atoms with Gasteiger partial charge in [-0.05, 0) is 25.7 Å². The van der Waals surface area contributed by atoms with E-state index in [-0.39, 0.29) is 17.9 Å². The van der Waals surface area contributed by atoms with E-state index < -0.39 is 10.0 Å². The van der Waals surface area contributed by atoms with Gasteiger partial charge in [0.15, 0.2) is 0 Å². The van der Waals surface area contributed by atoms with Gasteiger partial charge in [-0.15, -0.1) is 0 Å². The standard InChI is InChI=1S/C12H24N2O3S/c13-9-11-5-2-1-3-7-14(11)18(15,16)10-12-6-4-8-17-12/h11-12H,1-10,13H2. The molecule has 0 aliphatic carbocycles. The summed E-state index contributed by atoms with van der Waals surface area (Å²) >= 11 is 0. The molecule has 2 N–H and O–H groups in total. The lowest BCUT2D eigenvalue weighted by molar-refractivity contribution is 0.126. The SMILES string of the molecule is NCC1CCCCCN1S(=O)(=O)CC1CCCO1. The molecule has 0 spiro atoms. The van der Waals surface area contributed by atoms with E-state index in [0.29, 0.717) is 19.7 Å². The Labute approximate surface area is 110 Å². The van der Waals surface area contributed by atoms with Gasteiger partial charge in [0.25, 0.3) is 0 Å². The molecule has 0 radical (unpaired) electrons. The molecule has 2 aliphatic rings. The van der Waals surface area contributed by atoms with Crippen molar-refractivity contribution in [1.82, 2.24) is 4.31 Å². The number of rotatable bonds is 4. The van der Waals surface area contributed by atoms with Crippen LogP contribution >= 0.6 is 0 Å². The summed E-state index contributed by atoms with van der Waals surface area (Å²) < 4.78 is 32.0. The van der Waals surface area contributed by atoms with E-state index in [0.717, 1.165) is 38.5 Å². The zero-order chi connectivity index (χ0) is 13.0. The van der Waals surface area contributed by atoms with Crippen LogP contribution in [-0.2, 0) is 14.8 Å². The first-order chi connectivity index (χ1) is 8.63. The van der Waals surface area contributed by atoms with E-state index in [1.165, 1.54) is 0 Å². The van der Waals surface area contributed by atoms with Crippen molar-refractivity contribution >= 4 is 10.0 Å². The highest BCUT2D eigenvalue weighted by Crippen LogP contribution is 2.22. The molecule has 2 atom stereocenters. The molecule has 2 saturated heterocycles. The van der Waals surface area contributed by atoms with Crippen LogP contribution in [0.4, 0.5) is 0 Å². The quantitative estimate of drug-likeness (QED) is 0.820. The van der Waals surface area contributed by atoms with Gasteiger partial charge in [-0.25, -0.2) is 8.42 Å². The number of ether oxygens (including phenoxy) is 1. The third-order valence-corrected chi connectivity index (χ3v) is 5.86. The molecule has 6 heteroatoms. The number of hydrogen-bond acceptors (Lipinski definition) is 4. The van der Waals surface area contributed by atoms with Crippen molar-refractivity contribution in [3.05, 3.63) is 0 Å². The minimum atomic E-state index is -3.22. The van der Waals surface area contributed by atoms with Gasteiger partial charge in [0.05, 0.1) is 11.9 Å². The molecule has 5 nitrogen and oxygen atoms in total. The first-order valence-corrected chi connectivity index (χ1v) is 8.55. The van der Waals surface area contributed by atoms with Crippen LogP contribution in [0.3, 0.4) is 0 Å². The van der Waals surface area contributed by atoms with Crippen LogP contribution in [0.1, 0.15) is 38.5 Å². The minimum absolute atomic E-state index is 0.0149. The van der Waals surface area contributed by atoms with E-state index in [1.807, 2.05) is 0 Å². The summed E-state index contributed by atoms with van der Waals surface area (Å²) in [5.74, 6) is 0.128. The first kappa shape index (κ1) is 14.2. The van der Waals surface area contributed by atoms with Crippen LogP contribution in [0, 0.1) is 0 Å². The smallest absolute Gasteiger partial charge is 0.216 e. The van der Waals surface area contributed by atoms with Crippen LogP contribution in [0.25, 0.3) is 0 Å². The van der Waals surface area contributed by atoms with E-state index >= 15 is 0 Å². The molecule has 0 bridgehead atoms. The molecule has 2 fully saturated rings. The van der Waals surface area contributed by atoms with Crippen molar-refractivity contribution < 1.29 is 13.2 Å². The predicted octanol–water partition coefficient (Wildman–Crippen LogP) is 0.698. The molecule has 2 aliphatic heterocycles. The first-order valence-electron chi connectivity index (χ1n) is 6.94. The second kappa shape index (κ2) is 6.32. The van der Waals surface area contributed by atoms with Crippen molar-refractivity contribution in [3.8, 4) is 0 Å². The molecule has 18 heavy (non-hydrogen) atoms. The molecule has 2 rings (SSSR count). The average molecular weight is 276 g/mol. The van der Waals surface area contributed by atoms with E-state index in [9.17, 15) is 8.42 Å². The normalized spacial score (nSPS) is 31.4. The Bertz CT molecular complexity index is 352. The average Bonchev–Trinajstić information content (AvgIpc) is 2.69. The molecule has 0 amide bonds. The summed E-state index contributed by atoms with van der Waals surface area (Å²) in [5, 5.41) is 0. The van der Waals surface area contributed by atoms with Gasteiger partial charge >= 0.3 is 0 Å². The maximum absolute atomic E-state index is 12.5. The molecule has 0 aromatic carbocycles. The summed E-state index contributed by atoms with van der Waals surface area (Å²) in [4.78, 5) is 0. The fourth-order valence-electron chi connectivity index (χ4n) is 2.86. The lowest BCUT2D eigenvalue weighted by Gasteiger charge is -2.29. The van der Waals surface area contributed by atoms with Crippen LogP contribution in [-0.4, -0.2) is 50.3 Å². The zero-order valence-electron chi connectivity index (χ0n) is 10.9. The van der Waals surface area contributed by atoms with Gasteiger partial charge < -0.3 is 10.5 Å². The highest BCUT2D eigenvalue weighted by atomic mass is 32.2. The Morgan fingerprint density at radius 2 is 2.00 bits per heavy atom. The fraction of sp³-hybridized carbons (Fsp3) is 1.00. The summed E-state index contributed by atoms with van der Waals surface area (Å²) in [6, 6.07) is -0.0149. The van der Waals surface area contributed by atoms with Gasteiger partial charge in [-0.3, -0.25) is 0 Å². The fourth-order valence-corrected chi connectivity index (χ4v) is 4.84. The van der Waals surface area contributed by atoms with Crippen LogP contribution < -0.4 is 5.73 Å². The van der Waals surface area contributed by atoms with E-state index in [4.69, 9.17) is 10.5 Å². The molecular weight excluding hydrogens is 252 g/mol. The summed E-state index contributed by atoms with van der Waals surface area (Å²) in [5.41, 5.74) is 5.73. The second-order valence-corrected chi connectivity index (χ2v) is 7.23. The molecular formula is C12H24N2O3S. The Morgan fingerprint density at radius 3 is 2.67 bits per heavy atom. The van der Waals surface area contributed by atoms with E-state index in [2.05, 4.69) is 0 Å². The number of nitrogens with zero attached hydrogens (tertiary/aromatic N) is 1. The molecule has 2 heterocycles. The lowest BCUT2D eigenvalue weighted by atomic mass is 10.1. The van der Waals surface area contributed by atoms with Crippen LogP contribution in [0.15, 0.2) is 0 Å². The highest BCUT2D eigenvalue weighted by molar-refractivity contribution is 7.89. The predicted molar refractivity (Wildman–Crippen MR) is 70.8 cm³/mol. The lowest BCUT2D eigenvalue weighted by Crippen LogP contribution is -2.46. The molecule has 0 aromatic rings. The van der Waals surface area contributed by atoms with Gasteiger partial charge in [-0.2, -0.15) is 4.31 Å². The van der Waals surface area contributed by atoms with Crippen LogP contribution in [0.2, 0.25) is 0 Å². The highest BCUT2D eigenvalue weighted by Gasteiger charge is 2.33. The maximum Gasteiger partial charge on any atom is 0.216 e. The third-order valence-electron chi connectivity index (χ3n) is 3.87. The Kier molecular flexibility index (Phi) is 5.00. The van der Waals surface area contributed by atoms with Crippen molar-refractivity contribution in [3.63, 3.8) is 0 Å². The molecule has 0 saturated carbocycles. The molecule has 0 aromatic heterocycles. The largest absolute Gasteiger partial charge is 0.377 e. The number of sulfonamides is 1. The van der Waals surface area contributed by atoms with Gasteiger partial charge in [-0.1, -0.05) is 12.8 Å². The van der Waals surface area contributed by atoms with Gasteiger partial charge in [0, 0.05) is 25.7 Å². The molecule has 106 valence electrons. The summed E-state index contributed by atoms with van der Waals surface area (Å²) in [6.45, 7) is 1.74. The summed E-state index contributed by atoms with van der Waals surface area (Å²) in [7, 11) is -3.22. The van der Waals surface area contributed by atoms with Crippen LogP contribution in [0.5, 0.6) is 0 Å². The summed E-state index contributed by atoms with van der Waals surface area (Å²) in [6.07, 6.45) is 5.73. The Balaban J connectivity index is 2.05. The molecule has 2 unspecified atom stereocenters. The van der Waals surface area contributed by atoms with Crippen molar-refractivity contribution in [2.24, 2.45) is 5.73 Å². The van der Waals surface area contributed by atoms with E-state index in [1.54, 1.807) is 4.31 Å².